The standard InChI is InChI=1S/C20H22F3NO5/c1-5-28-17(26)15-11-13(16(25)24(15)18(27)29-19(2,3)4)10-12-6-8-14(9-7-12)20(21,22)23/h6-10,15H,5,11H2,1-4H3/b13-10+/t15-/m0/s1. The molecule has 6 nitrogen and oxygen atoms in total. The van der Waals surface area contributed by atoms with E-state index in [1.54, 1.807) is 27.7 Å². The number of nitrogens with zero attached hydrogens (tertiary/aromatic N) is 1. The molecule has 0 saturated carbocycles. The van der Waals surface area contributed by atoms with E-state index in [-0.39, 0.29) is 18.6 Å². The monoisotopic (exact) mass is 413 g/mol. The van der Waals surface area contributed by atoms with Crippen LogP contribution in [0.5, 0.6) is 0 Å². The molecule has 1 aliphatic heterocycles. The summed E-state index contributed by atoms with van der Waals surface area (Å²) in [6.45, 7) is 6.49. The van der Waals surface area contributed by atoms with Crippen molar-refractivity contribution in [1.82, 2.24) is 4.90 Å². The molecule has 1 fully saturated rings. The van der Waals surface area contributed by atoms with Gasteiger partial charge in [-0.15, -0.1) is 0 Å². The fraction of sp³-hybridized carbons (Fsp3) is 0.450. The molecule has 1 aliphatic rings. The van der Waals surface area contributed by atoms with Gasteiger partial charge in [-0.3, -0.25) is 4.79 Å². The first-order valence-electron chi connectivity index (χ1n) is 8.94. The maximum absolute atomic E-state index is 12.8. The van der Waals surface area contributed by atoms with Crippen LogP contribution < -0.4 is 0 Å². The Bertz CT molecular complexity index is 822. The highest BCUT2D eigenvalue weighted by Crippen LogP contribution is 2.31. The van der Waals surface area contributed by atoms with E-state index in [2.05, 4.69) is 0 Å². The second-order valence-corrected chi connectivity index (χ2v) is 7.42. The number of carbonyl (C=O) groups excluding carboxylic acids is 3. The maximum Gasteiger partial charge on any atom is 0.418 e. The van der Waals surface area contributed by atoms with Crippen LogP contribution in [0.15, 0.2) is 29.8 Å². The average molecular weight is 413 g/mol. The van der Waals surface area contributed by atoms with Crippen LogP contribution in [0.3, 0.4) is 0 Å². The number of rotatable bonds is 3. The van der Waals surface area contributed by atoms with Gasteiger partial charge in [0, 0.05) is 12.0 Å². The minimum Gasteiger partial charge on any atom is -0.464 e. The summed E-state index contributed by atoms with van der Waals surface area (Å²) in [5.41, 5.74) is -1.29. The molecule has 0 spiro atoms. The lowest BCUT2D eigenvalue weighted by Crippen LogP contribution is -2.46. The first kappa shape index (κ1) is 22.4. The lowest BCUT2D eigenvalue weighted by Gasteiger charge is -2.26. The van der Waals surface area contributed by atoms with Crippen molar-refractivity contribution in [3.8, 4) is 0 Å². The fourth-order valence-corrected chi connectivity index (χ4v) is 2.72. The maximum atomic E-state index is 12.8. The molecular formula is C20H22F3NO5. The minimum atomic E-state index is -4.47. The van der Waals surface area contributed by atoms with Crippen LogP contribution in [-0.4, -0.2) is 41.1 Å². The number of hydrogen-bond donors (Lipinski definition) is 0. The number of ether oxygens (including phenoxy) is 2. The third-order valence-electron chi connectivity index (χ3n) is 3.95. The molecule has 29 heavy (non-hydrogen) atoms. The van der Waals surface area contributed by atoms with E-state index in [0.29, 0.717) is 10.5 Å². The van der Waals surface area contributed by atoms with E-state index in [9.17, 15) is 27.6 Å². The summed E-state index contributed by atoms with van der Waals surface area (Å²) < 4.78 is 48.2. The third-order valence-corrected chi connectivity index (χ3v) is 3.95. The molecule has 0 aromatic heterocycles. The van der Waals surface area contributed by atoms with Crippen LogP contribution in [0.4, 0.5) is 18.0 Å². The predicted octanol–water partition coefficient (Wildman–Crippen LogP) is 4.19. The van der Waals surface area contributed by atoms with Crippen molar-refractivity contribution in [2.24, 2.45) is 0 Å². The van der Waals surface area contributed by atoms with E-state index in [1.165, 1.54) is 18.2 Å². The summed E-state index contributed by atoms with van der Waals surface area (Å²) in [6.07, 6.45) is -4.25. The first-order valence-corrected chi connectivity index (χ1v) is 8.94. The van der Waals surface area contributed by atoms with Gasteiger partial charge in [-0.05, 0) is 51.5 Å². The minimum absolute atomic E-state index is 0.0592. The zero-order valence-electron chi connectivity index (χ0n) is 16.5. The highest BCUT2D eigenvalue weighted by atomic mass is 19.4. The van der Waals surface area contributed by atoms with E-state index < -0.39 is 41.4 Å². The van der Waals surface area contributed by atoms with Gasteiger partial charge in [0.2, 0.25) is 0 Å². The predicted molar refractivity (Wildman–Crippen MR) is 97.5 cm³/mol. The summed E-state index contributed by atoms with van der Waals surface area (Å²) in [5.74, 6) is -1.51. The molecule has 2 amide bonds. The van der Waals surface area contributed by atoms with Crippen molar-refractivity contribution in [2.45, 2.75) is 51.9 Å². The number of carbonyl (C=O) groups is 3. The van der Waals surface area contributed by atoms with Crippen molar-refractivity contribution in [3.05, 3.63) is 41.0 Å². The van der Waals surface area contributed by atoms with Crippen molar-refractivity contribution < 1.29 is 37.0 Å². The topological polar surface area (TPSA) is 72.9 Å². The van der Waals surface area contributed by atoms with Gasteiger partial charge in [0.15, 0.2) is 0 Å². The highest BCUT2D eigenvalue weighted by Gasteiger charge is 2.46. The highest BCUT2D eigenvalue weighted by molar-refractivity contribution is 6.11. The smallest absolute Gasteiger partial charge is 0.418 e. The molecule has 2 rings (SSSR count). The van der Waals surface area contributed by atoms with Crippen molar-refractivity contribution >= 4 is 24.0 Å². The van der Waals surface area contributed by atoms with Crippen molar-refractivity contribution in [3.63, 3.8) is 0 Å². The first-order chi connectivity index (χ1) is 13.3. The Kier molecular flexibility index (Phi) is 6.40. The van der Waals surface area contributed by atoms with Gasteiger partial charge in [-0.25, -0.2) is 14.5 Å². The zero-order valence-corrected chi connectivity index (χ0v) is 16.5. The SMILES string of the molecule is CCOC(=O)[C@@H]1C/C(=C\c2ccc(C(F)(F)F)cc2)C(=O)N1C(=O)OC(C)(C)C. The Morgan fingerprint density at radius 2 is 1.76 bits per heavy atom. The number of benzene rings is 1. The number of hydrogen-bond acceptors (Lipinski definition) is 5. The largest absolute Gasteiger partial charge is 0.464 e. The van der Waals surface area contributed by atoms with E-state index in [4.69, 9.17) is 9.47 Å². The molecule has 9 heteroatoms. The van der Waals surface area contributed by atoms with Gasteiger partial charge in [0.25, 0.3) is 5.91 Å². The Morgan fingerprint density at radius 1 is 1.17 bits per heavy atom. The van der Waals surface area contributed by atoms with Crippen molar-refractivity contribution in [1.29, 1.82) is 0 Å². The second-order valence-electron chi connectivity index (χ2n) is 7.42. The summed E-state index contributed by atoms with van der Waals surface area (Å²) >= 11 is 0. The van der Waals surface area contributed by atoms with Gasteiger partial charge < -0.3 is 9.47 Å². The summed E-state index contributed by atoms with van der Waals surface area (Å²) in [6, 6.07) is 3.00. The van der Waals surface area contributed by atoms with Crippen LogP contribution in [-0.2, 0) is 25.2 Å². The number of esters is 1. The van der Waals surface area contributed by atoms with Gasteiger partial charge in [0.05, 0.1) is 12.2 Å². The molecule has 158 valence electrons. The summed E-state index contributed by atoms with van der Waals surface area (Å²) in [4.78, 5) is 38.2. The third kappa shape index (κ3) is 5.58. The number of amides is 2. The molecule has 0 bridgehead atoms. The Balaban J connectivity index is 2.34. The number of halogens is 3. The normalized spacial score (nSPS) is 18.9. The Morgan fingerprint density at radius 3 is 2.24 bits per heavy atom. The van der Waals surface area contributed by atoms with Crippen LogP contribution in [0, 0.1) is 0 Å². The number of alkyl halides is 3. The summed E-state index contributed by atoms with van der Waals surface area (Å²) in [5, 5.41) is 0. The van der Waals surface area contributed by atoms with E-state index in [0.717, 1.165) is 12.1 Å². The molecule has 0 aliphatic carbocycles. The van der Waals surface area contributed by atoms with Crippen LogP contribution in [0.1, 0.15) is 45.2 Å². The van der Waals surface area contributed by atoms with Gasteiger partial charge in [-0.1, -0.05) is 12.1 Å². The fourth-order valence-electron chi connectivity index (χ4n) is 2.72. The van der Waals surface area contributed by atoms with Crippen LogP contribution in [0.2, 0.25) is 0 Å². The average Bonchev–Trinajstić information content (AvgIpc) is 2.90. The lowest BCUT2D eigenvalue weighted by atomic mass is 10.1. The number of imide groups is 1. The van der Waals surface area contributed by atoms with E-state index >= 15 is 0 Å². The zero-order chi connectivity index (χ0) is 22.0. The molecule has 1 saturated heterocycles. The molecule has 1 heterocycles. The molecular weight excluding hydrogens is 391 g/mol. The lowest BCUT2D eigenvalue weighted by molar-refractivity contribution is -0.150. The molecule has 0 N–H and O–H groups in total. The molecule has 0 radical (unpaired) electrons. The Labute approximate surface area is 166 Å². The molecule has 1 atom stereocenters. The van der Waals surface area contributed by atoms with Gasteiger partial charge >= 0.3 is 18.2 Å². The van der Waals surface area contributed by atoms with Gasteiger partial charge in [-0.2, -0.15) is 13.2 Å². The number of likely N-dealkylation sites (tertiary alicyclic amines) is 1. The molecule has 0 unspecified atom stereocenters. The quantitative estimate of drug-likeness (QED) is 0.549. The van der Waals surface area contributed by atoms with Crippen LogP contribution >= 0.6 is 0 Å². The molecule has 1 aromatic carbocycles. The molecule has 1 aromatic rings. The van der Waals surface area contributed by atoms with Crippen LogP contribution in [0.25, 0.3) is 6.08 Å². The van der Waals surface area contributed by atoms with Crippen molar-refractivity contribution in [2.75, 3.05) is 6.61 Å². The summed E-state index contributed by atoms with van der Waals surface area (Å²) in [7, 11) is 0. The Hall–Kier alpha value is -2.84. The van der Waals surface area contributed by atoms with Gasteiger partial charge in [0.1, 0.15) is 11.6 Å². The second kappa shape index (κ2) is 8.26. The van der Waals surface area contributed by atoms with E-state index in [1.807, 2.05) is 0 Å².